The van der Waals surface area contributed by atoms with Crippen LogP contribution in [-0.4, -0.2) is 50.7 Å². The van der Waals surface area contributed by atoms with Crippen LogP contribution in [0.3, 0.4) is 0 Å². The molecule has 0 spiro atoms. The van der Waals surface area contributed by atoms with Gasteiger partial charge in [-0.05, 0) is 32.5 Å². The van der Waals surface area contributed by atoms with Crippen LogP contribution in [0.1, 0.15) is 22.9 Å². The van der Waals surface area contributed by atoms with Crippen molar-refractivity contribution in [3.63, 3.8) is 0 Å². The third-order valence-corrected chi connectivity index (χ3v) is 5.67. The number of nitrogens with zero attached hydrogens (tertiary/aromatic N) is 5. The normalized spacial score (nSPS) is 19.4. The van der Waals surface area contributed by atoms with Crippen LogP contribution in [-0.2, 0) is 20.1 Å². The first kappa shape index (κ1) is 15.9. The Morgan fingerprint density at radius 2 is 2.23 bits per heavy atom. The molecular weight excluding hydrogens is 318 g/mol. The van der Waals surface area contributed by atoms with Crippen LogP contribution in [0.5, 0.6) is 0 Å². The summed E-state index contributed by atoms with van der Waals surface area (Å²) in [4.78, 5) is 6.24. The molecule has 7 heteroatoms. The Kier molecular flexibility index (Phi) is 4.82. The van der Waals surface area contributed by atoms with E-state index in [0.717, 1.165) is 42.2 Å². The summed E-state index contributed by atoms with van der Waals surface area (Å²) in [5, 5.41) is 8.39. The van der Waals surface area contributed by atoms with E-state index < -0.39 is 0 Å². The average molecular weight is 340 g/mol. The largest absolute Gasteiger partial charge is 0.317 e. The molecule has 120 valence electrons. The molecule has 0 aromatic carbocycles. The number of likely N-dealkylation sites (tertiary alicyclic amines) is 1. The molecule has 1 fully saturated rings. The lowest BCUT2D eigenvalue weighted by atomic mass is 10.2. The predicted molar refractivity (Wildman–Crippen MR) is 90.2 cm³/mol. The van der Waals surface area contributed by atoms with Crippen molar-refractivity contribution in [2.45, 2.75) is 32.5 Å². The van der Waals surface area contributed by atoms with E-state index in [2.05, 4.69) is 37.7 Å². The second kappa shape index (κ2) is 6.66. The maximum absolute atomic E-state index is 6.01. The highest BCUT2D eigenvalue weighted by Gasteiger charge is 2.26. The highest BCUT2D eigenvalue weighted by molar-refractivity contribution is 7.16. The zero-order valence-corrected chi connectivity index (χ0v) is 14.9. The van der Waals surface area contributed by atoms with E-state index in [9.17, 15) is 0 Å². The number of hydrogen-bond acceptors (Lipinski definition) is 5. The van der Waals surface area contributed by atoms with Crippen LogP contribution < -0.4 is 0 Å². The molecule has 0 radical (unpaired) electrons. The summed E-state index contributed by atoms with van der Waals surface area (Å²) in [6, 6.07) is 4.69. The van der Waals surface area contributed by atoms with Crippen LogP contribution in [0.4, 0.5) is 0 Å². The topological polar surface area (TPSA) is 37.2 Å². The van der Waals surface area contributed by atoms with Crippen molar-refractivity contribution in [1.29, 1.82) is 0 Å². The minimum atomic E-state index is 0.576. The zero-order chi connectivity index (χ0) is 15.7. The second-order valence-electron chi connectivity index (χ2n) is 6.02. The van der Waals surface area contributed by atoms with Gasteiger partial charge in [0, 0.05) is 37.6 Å². The molecule has 22 heavy (non-hydrogen) atoms. The zero-order valence-electron chi connectivity index (χ0n) is 13.3. The maximum Gasteiger partial charge on any atom is 0.146 e. The molecule has 2 aromatic heterocycles. The summed E-state index contributed by atoms with van der Waals surface area (Å²) in [5.74, 6) is 1.99. The lowest BCUT2D eigenvalue weighted by Crippen LogP contribution is -2.34. The van der Waals surface area contributed by atoms with Gasteiger partial charge in [-0.2, -0.15) is 0 Å². The first-order valence-corrected chi connectivity index (χ1v) is 8.74. The van der Waals surface area contributed by atoms with Gasteiger partial charge in [0.2, 0.25) is 0 Å². The van der Waals surface area contributed by atoms with Crippen molar-refractivity contribution < 1.29 is 0 Å². The van der Waals surface area contributed by atoms with Crippen LogP contribution in [0.2, 0.25) is 4.34 Å². The molecule has 1 aliphatic rings. The molecule has 0 N–H and O–H groups in total. The highest BCUT2D eigenvalue weighted by Crippen LogP contribution is 2.25. The van der Waals surface area contributed by atoms with Gasteiger partial charge in [0.25, 0.3) is 0 Å². The third kappa shape index (κ3) is 3.51. The summed E-state index contributed by atoms with van der Waals surface area (Å²) in [7, 11) is 4.21. The fourth-order valence-corrected chi connectivity index (χ4v) is 4.04. The number of aromatic nitrogens is 3. The maximum atomic E-state index is 6.01. The number of likely N-dealkylation sites (N-methyl/N-ethyl adjacent to an activating group) is 1. The molecule has 1 atom stereocenters. The fraction of sp³-hybridized carbons (Fsp3) is 0.600. The molecule has 1 aliphatic heterocycles. The Morgan fingerprint density at radius 1 is 1.41 bits per heavy atom. The smallest absolute Gasteiger partial charge is 0.146 e. The van der Waals surface area contributed by atoms with E-state index in [1.807, 2.05) is 20.0 Å². The average Bonchev–Trinajstić information content (AvgIpc) is 3.17. The minimum absolute atomic E-state index is 0.576. The van der Waals surface area contributed by atoms with Crippen LogP contribution in [0.15, 0.2) is 12.1 Å². The number of thiophene rings is 1. The van der Waals surface area contributed by atoms with E-state index in [0.29, 0.717) is 6.04 Å². The minimum Gasteiger partial charge on any atom is -0.317 e. The van der Waals surface area contributed by atoms with E-state index in [1.165, 1.54) is 11.3 Å². The number of rotatable bonds is 5. The molecule has 0 aliphatic carbocycles. The molecule has 2 aromatic rings. The van der Waals surface area contributed by atoms with Crippen LogP contribution >= 0.6 is 22.9 Å². The van der Waals surface area contributed by atoms with Gasteiger partial charge < -0.3 is 4.57 Å². The van der Waals surface area contributed by atoms with E-state index in [1.54, 1.807) is 11.3 Å². The Morgan fingerprint density at radius 3 is 2.86 bits per heavy atom. The van der Waals surface area contributed by atoms with Gasteiger partial charge in [-0.3, -0.25) is 9.80 Å². The van der Waals surface area contributed by atoms with Crippen molar-refractivity contribution in [1.82, 2.24) is 24.6 Å². The molecule has 0 amide bonds. The summed E-state index contributed by atoms with van der Waals surface area (Å²) in [6.07, 6.45) is 1.20. The summed E-state index contributed by atoms with van der Waals surface area (Å²) in [5.41, 5.74) is 0. The van der Waals surface area contributed by atoms with Gasteiger partial charge in [-0.15, -0.1) is 21.5 Å². The van der Waals surface area contributed by atoms with E-state index >= 15 is 0 Å². The molecule has 1 saturated heterocycles. The third-order valence-electron chi connectivity index (χ3n) is 4.45. The second-order valence-corrected chi connectivity index (χ2v) is 7.82. The SMILES string of the molecule is Cc1nnc(CN(C)C2CCN(Cc3ccc(Cl)s3)C2)n1C. The molecule has 3 rings (SSSR count). The summed E-state index contributed by atoms with van der Waals surface area (Å²) in [6.45, 7) is 6.08. The lowest BCUT2D eigenvalue weighted by Gasteiger charge is -2.24. The van der Waals surface area contributed by atoms with Gasteiger partial charge in [0.05, 0.1) is 10.9 Å². The Balaban J connectivity index is 1.54. The molecular formula is C15H22ClN5S. The molecule has 0 bridgehead atoms. The van der Waals surface area contributed by atoms with Gasteiger partial charge >= 0.3 is 0 Å². The van der Waals surface area contributed by atoms with Crippen molar-refractivity contribution in [2.75, 3.05) is 20.1 Å². The first-order chi connectivity index (χ1) is 10.5. The summed E-state index contributed by atoms with van der Waals surface area (Å²) >= 11 is 7.69. The predicted octanol–water partition coefficient (Wildman–Crippen LogP) is 2.54. The Hall–Kier alpha value is -0.950. The number of aryl methyl sites for hydroxylation is 1. The van der Waals surface area contributed by atoms with Crippen LogP contribution in [0.25, 0.3) is 0 Å². The molecule has 0 saturated carbocycles. The van der Waals surface area contributed by atoms with Gasteiger partial charge in [-0.1, -0.05) is 11.6 Å². The summed E-state index contributed by atoms with van der Waals surface area (Å²) < 4.78 is 2.94. The molecule has 1 unspecified atom stereocenters. The van der Waals surface area contributed by atoms with E-state index in [-0.39, 0.29) is 0 Å². The quantitative estimate of drug-likeness (QED) is 0.839. The van der Waals surface area contributed by atoms with Gasteiger partial charge in [0.1, 0.15) is 11.6 Å². The van der Waals surface area contributed by atoms with Gasteiger partial charge in [-0.25, -0.2) is 0 Å². The monoisotopic (exact) mass is 339 g/mol. The molecule has 5 nitrogen and oxygen atoms in total. The van der Waals surface area contributed by atoms with Gasteiger partial charge in [0.15, 0.2) is 0 Å². The van der Waals surface area contributed by atoms with Crippen molar-refractivity contribution in [3.8, 4) is 0 Å². The van der Waals surface area contributed by atoms with Crippen molar-refractivity contribution in [3.05, 3.63) is 33.0 Å². The van der Waals surface area contributed by atoms with E-state index in [4.69, 9.17) is 11.6 Å². The van der Waals surface area contributed by atoms with Crippen molar-refractivity contribution in [2.24, 2.45) is 7.05 Å². The lowest BCUT2D eigenvalue weighted by molar-refractivity contribution is 0.217. The number of halogens is 1. The molecule has 3 heterocycles. The van der Waals surface area contributed by atoms with Crippen molar-refractivity contribution >= 4 is 22.9 Å². The number of hydrogen-bond donors (Lipinski definition) is 0. The van der Waals surface area contributed by atoms with Crippen LogP contribution in [0, 0.1) is 6.92 Å². The Labute approximate surface area is 140 Å². The Bertz CT molecular complexity index is 638. The standard InChI is InChI=1S/C15H22ClN5S/c1-11-17-18-15(20(11)3)10-19(2)12-6-7-21(8-12)9-13-4-5-14(16)22-13/h4-5,12H,6-10H2,1-3H3. The highest BCUT2D eigenvalue weighted by atomic mass is 35.5. The fourth-order valence-electron chi connectivity index (χ4n) is 2.91. The first-order valence-electron chi connectivity index (χ1n) is 7.54.